The van der Waals surface area contributed by atoms with Crippen molar-refractivity contribution in [2.75, 3.05) is 57.4 Å². The zero-order chi connectivity index (χ0) is 18.0. The highest BCUT2D eigenvalue weighted by Gasteiger charge is 2.20. The molecule has 0 spiro atoms. The summed E-state index contributed by atoms with van der Waals surface area (Å²) in [7, 11) is -2.82. The van der Waals surface area contributed by atoms with Gasteiger partial charge in [0.05, 0.1) is 24.6 Å². The second-order valence-electron chi connectivity index (χ2n) is 5.84. The molecule has 0 atom stereocenters. The molecule has 1 fully saturated rings. The predicted molar refractivity (Wildman–Crippen MR) is 101 cm³/mol. The number of para-hydroxylation sites is 1. The van der Waals surface area contributed by atoms with Crippen molar-refractivity contribution in [1.82, 2.24) is 15.5 Å². The van der Waals surface area contributed by atoms with E-state index in [4.69, 9.17) is 4.74 Å². The monoisotopic (exact) mass is 368 g/mol. The summed E-state index contributed by atoms with van der Waals surface area (Å²) in [4.78, 5) is 6.68. The highest BCUT2D eigenvalue weighted by atomic mass is 32.2. The molecule has 1 aromatic carbocycles. The normalized spacial score (nSPS) is 17.9. The number of hydrogen-bond acceptors (Lipinski definition) is 5. The minimum absolute atomic E-state index is 0.256. The third kappa shape index (κ3) is 7.74. The summed E-state index contributed by atoms with van der Waals surface area (Å²) >= 11 is 0. The van der Waals surface area contributed by atoms with Crippen molar-refractivity contribution >= 4 is 15.8 Å². The lowest BCUT2D eigenvalue weighted by Gasteiger charge is -2.25. The first kappa shape index (κ1) is 19.5. The molecule has 1 aromatic rings. The Morgan fingerprint density at radius 1 is 1.20 bits per heavy atom. The molecule has 1 heterocycles. The number of aliphatic imine (C=N–C) groups is 1. The minimum atomic E-state index is -2.82. The van der Waals surface area contributed by atoms with Crippen molar-refractivity contribution in [2.24, 2.45) is 4.99 Å². The second-order valence-corrected chi connectivity index (χ2v) is 8.15. The number of ether oxygens (including phenoxy) is 1. The molecule has 1 aliphatic heterocycles. The van der Waals surface area contributed by atoms with Gasteiger partial charge in [0.2, 0.25) is 0 Å². The molecule has 1 aliphatic rings. The minimum Gasteiger partial charge on any atom is -0.492 e. The topological polar surface area (TPSA) is 83.0 Å². The summed E-state index contributed by atoms with van der Waals surface area (Å²) in [6.45, 7) is 6.63. The van der Waals surface area contributed by atoms with Gasteiger partial charge in [-0.05, 0) is 19.1 Å². The summed E-state index contributed by atoms with van der Waals surface area (Å²) in [5.41, 5.74) is 0. The van der Waals surface area contributed by atoms with Crippen LogP contribution in [0.25, 0.3) is 0 Å². The molecule has 0 aliphatic carbocycles. The van der Waals surface area contributed by atoms with Gasteiger partial charge < -0.3 is 15.4 Å². The van der Waals surface area contributed by atoms with Crippen LogP contribution in [0.3, 0.4) is 0 Å². The molecule has 2 N–H and O–H groups in total. The Morgan fingerprint density at radius 2 is 1.92 bits per heavy atom. The number of benzene rings is 1. The van der Waals surface area contributed by atoms with Crippen molar-refractivity contribution in [2.45, 2.75) is 6.92 Å². The Hall–Kier alpha value is -1.80. The maximum atomic E-state index is 11.4. The number of sulfone groups is 1. The fraction of sp³-hybridized carbons (Fsp3) is 0.588. The molecule has 0 unspecified atom stereocenters. The Kier molecular flexibility index (Phi) is 8.00. The van der Waals surface area contributed by atoms with Crippen LogP contribution in [0, 0.1) is 0 Å². The van der Waals surface area contributed by atoms with Crippen molar-refractivity contribution in [3.8, 4) is 5.75 Å². The van der Waals surface area contributed by atoms with Crippen molar-refractivity contribution in [3.63, 3.8) is 0 Å². The van der Waals surface area contributed by atoms with Crippen LogP contribution in [0.4, 0.5) is 0 Å². The van der Waals surface area contributed by atoms with E-state index in [2.05, 4.69) is 20.5 Å². The van der Waals surface area contributed by atoms with Crippen molar-refractivity contribution in [1.29, 1.82) is 0 Å². The van der Waals surface area contributed by atoms with Crippen LogP contribution < -0.4 is 15.4 Å². The second kappa shape index (κ2) is 10.2. The zero-order valence-corrected chi connectivity index (χ0v) is 15.6. The summed E-state index contributed by atoms with van der Waals surface area (Å²) in [6.07, 6.45) is 0. The van der Waals surface area contributed by atoms with Gasteiger partial charge in [-0.1, -0.05) is 18.2 Å². The van der Waals surface area contributed by atoms with Gasteiger partial charge in [0.1, 0.15) is 12.4 Å². The first-order valence-electron chi connectivity index (χ1n) is 8.72. The first-order chi connectivity index (χ1) is 12.1. The molecular formula is C17H28N4O3S. The highest BCUT2D eigenvalue weighted by molar-refractivity contribution is 7.91. The van der Waals surface area contributed by atoms with Gasteiger partial charge in [0, 0.05) is 26.2 Å². The molecule has 0 radical (unpaired) electrons. The Bertz CT molecular complexity index is 621. The predicted octanol–water partition coefficient (Wildman–Crippen LogP) is 0.351. The molecule has 25 heavy (non-hydrogen) atoms. The number of guanidine groups is 1. The van der Waals surface area contributed by atoms with Crippen molar-refractivity contribution < 1.29 is 13.2 Å². The molecule has 140 valence electrons. The van der Waals surface area contributed by atoms with Gasteiger partial charge in [-0.25, -0.2) is 8.42 Å². The number of hydrogen-bond donors (Lipinski definition) is 2. The van der Waals surface area contributed by atoms with E-state index < -0.39 is 9.84 Å². The first-order valence-corrected chi connectivity index (χ1v) is 10.5. The van der Waals surface area contributed by atoms with Gasteiger partial charge in [0.25, 0.3) is 0 Å². The number of nitrogens with one attached hydrogen (secondary N) is 2. The molecule has 0 saturated carbocycles. The third-order valence-corrected chi connectivity index (χ3v) is 5.48. The van der Waals surface area contributed by atoms with Crippen LogP contribution in [0.2, 0.25) is 0 Å². The van der Waals surface area contributed by atoms with Crippen LogP contribution in [0.15, 0.2) is 35.3 Å². The van der Waals surface area contributed by atoms with Crippen LogP contribution >= 0.6 is 0 Å². The molecule has 8 heteroatoms. The van der Waals surface area contributed by atoms with Gasteiger partial charge in [0.15, 0.2) is 15.8 Å². The van der Waals surface area contributed by atoms with E-state index >= 15 is 0 Å². The Balaban J connectivity index is 1.67. The van der Waals surface area contributed by atoms with Crippen LogP contribution in [-0.4, -0.2) is 76.7 Å². The molecule has 1 saturated heterocycles. The molecular weight excluding hydrogens is 340 g/mol. The summed E-state index contributed by atoms with van der Waals surface area (Å²) in [5.74, 6) is 2.12. The fourth-order valence-corrected chi connectivity index (χ4v) is 3.75. The maximum absolute atomic E-state index is 11.4. The van der Waals surface area contributed by atoms with E-state index in [1.807, 2.05) is 37.3 Å². The third-order valence-electron chi connectivity index (χ3n) is 3.87. The van der Waals surface area contributed by atoms with Gasteiger partial charge >= 0.3 is 0 Å². The lowest BCUT2D eigenvalue weighted by atomic mass is 10.3. The Labute approximate surface area is 150 Å². The largest absolute Gasteiger partial charge is 0.492 e. The maximum Gasteiger partial charge on any atom is 0.191 e. The van der Waals surface area contributed by atoms with Crippen LogP contribution in [0.5, 0.6) is 5.75 Å². The lowest BCUT2D eigenvalue weighted by molar-refractivity contribution is 0.304. The standard InChI is InChI=1S/C17H28N4O3S/c1-2-18-17(20-9-13-24-16-6-4-3-5-7-16)19-8-10-21-11-14-25(22,23)15-12-21/h3-7H,2,8-15H2,1H3,(H2,18,19,20). The van der Waals surface area contributed by atoms with Crippen molar-refractivity contribution in [3.05, 3.63) is 30.3 Å². The molecule has 0 amide bonds. The average molecular weight is 369 g/mol. The Morgan fingerprint density at radius 3 is 2.60 bits per heavy atom. The highest BCUT2D eigenvalue weighted by Crippen LogP contribution is 2.07. The fourth-order valence-electron chi connectivity index (χ4n) is 2.47. The summed E-state index contributed by atoms with van der Waals surface area (Å²) < 4.78 is 28.5. The van der Waals surface area contributed by atoms with Gasteiger partial charge in [-0.2, -0.15) is 0 Å². The SMILES string of the molecule is CCNC(=NCCN1CCS(=O)(=O)CC1)NCCOc1ccccc1. The van der Waals surface area contributed by atoms with E-state index in [0.717, 1.165) is 24.8 Å². The molecule has 0 aromatic heterocycles. The zero-order valence-electron chi connectivity index (χ0n) is 14.8. The molecule has 7 nitrogen and oxygen atoms in total. The molecule has 0 bridgehead atoms. The van der Waals surface area contributed by atoms with E-state index in [-0.39, 0.29) is 11.5 Å². The average Bonchev–Trinajstić information content (AvgIpc) is 2.61. The lowest BCUT2D eigenvalue weighted by Crippen LogP contribution is -2.42. The summed E-state index contributed by atoms with van der Waals surface area (Å²) in [6, 6.07) is 9.70. The van der Waals surface area contributed by atoms with Gasteiger partial charge in [-0.3, -0.25) is 9.89 Å². The van der Waals surface area contributed by atoms with E-state index in [1.54, 1.807) is 0 Å². The van der Waals surface area contributed by atoms with E-state index in [9.17, 15) is 8.42 Å². The van der Waals surface area contributed by atoms with E-state index in [1.165, 1.54) is 0 Å². The summed E-state index contributed by atoms with van der Waals surface area (Å²) in [5, 5.41) is 6.44. The van der Waals surface area contributed by atoms with E-state index in [0.29, 0.717) is 32.8 Å². The molecule has 2 rings (SSSR count). The van der Waals surface area contributed by atoms with Gasteiger partial charge in [-0.15, -0.1) is 0 Å². The number of nitrogens with zero attached hydrogens (tertiary/aromatic N) is 2. The van der Waals surface area contributed by atoms with Crippen LogP contribution in [-0.2, 0) is 9.84 Å². The number of rotatable bonds is 8. The smallest absolute Gasteiger partial charge is 0.191 e. The quantitative estimate of drug-likeness (QED) is 0.391. The van der Waals surface area contributed by atoms with Crippen LogP contribution in [0.1, 0.15) is 6.92 Å².